The van der Waals surface area contributed by atoms with Crippen molar-refractivity contribution in [2.24, 2.45) is 5.92 Å². The van der Waals surface area contributed by atoms with E-state index in [0.29, 0.717) is 23.9 Å². The molecule has 0 aliphatic carbocycles. The average molecular weight is 267 g/mol. The van der Waals surface area contributed by atoms with Crippen molar-refractivity contribution in [1.82, 2.24) is 15.0 Å². The summed E-state index contributed by atoms with van der Waals surface area (Å²) in [5.41, 5.74) is 1.63. The van der Waals surface area contributed by atoms with Gasteiger partial charge in [-0.15, -0.1) is 0 Å². The predicted octanol–water partition coefficient (Wildman–Crippen LogP) is -0.855. The number of fused-ring (bicyclic) bond motifs is 1. The van der Waals surface area contributed by atoms with Gasteiger partial charge in [-0.25, -0.2) is 4.98 Å². The number of rotatable bonds is 6. The van der Waals surface area contributed by atoms with E-state index in [1.807, 2.05) is 0 Å². The molecule has 0 radical (unpaired) electrons. The molecule has 104 valence electrons. The van der Waals surface area contributed by atoms with Crippen LogP contribution in [0.3, 0.4) is 0 Å². The zero-order valence-electron chi connectivity index (χ0n) is 10.3. The Labute approximate surface area is 108 Å². The van der Waals surface area contributed by atoms with E-state index in [1.165, 1.54) is 6.33 Å². The molecular weight excluding hydrogens is 250 g/mol. The molecule has 19 heavy (non-hydrogen) atoms. The lowest BCUT2D eigenvalue weighted by Gasteiger charge is -2.18. The van der Waals surface area contributed by atoms with Crippen LogP contribution in [0, 0.1) is 5.92 Å². The fourth-order valence-electron chi connectivity index (χ4n) is 2.09. The van der Waals surface area contributed by atoms with Gasteiger partial charge in [-0.05, 0) is 18.4 Å². The number of aliphatic hydroxyl groups is 3. The van der Waals surface area contributed by atoms with E-state index in [-0.39, 0.29) is 18.8 Å². The second-order valence-electron chi connectivity index (χ2n) is 4.50. The Morgan fingerprint density at radius 2 is 2.05 bits per heavy atom. The van der Waals surface area contributed by atoms with Crippen LogP contribution in [0.25, 0.3) is 11.0 Å². The van der Waals surface area contributed by atoms with Gasteiger partial charge >= 0.3 is 0 Å². The molecule has 0 amide bonds. The summed E-state index contributed by atoms with van der Waals surface area (Å²) in [5.74, 6) is -0.392. The molecule has 7 heteroatoms. The van der Waals surface area contributed by atoms with Gasteiger partial charge in [0.1, 0.15) is 5.52 Å². The van der Waals surface area contributed by atoms with Crippen molar-refractivity contribution in [2.45, 2.75) is 18.9 Å². The molecule has 0 aliphatic heterocycles. The van der Waals surface area contributed by atoms with Crippen molar-refractivity contribution < 1.29 is 15.3 Å². The number of H-pyrrole nitrogens is 2. The van der Waals surface area contributed by atoms with Crippen LogP contribution in [0.1, 0.15) is 12.0 Å². The van der Waals surface area contributed by atoms with Crippen molar-refractivity contribution in [3.05, 3.63) is 28.4 Å². The Kier molecular flexibility index (Phi) is 4.31. The van der Waals surface area contributed by atoms with Crippen molar-refractivity contribution >= 4 is 11.0 Å². The fraction of sp³-hybridized carbons (Fsp3) is 0.500. The fourth-order valence-corrected chi connectivity index (χ4v) is 2.09. The molecular formula is C12H17N3O4. The first-order valence-corrected chi connectivity index (χ1v) is 6.10. The highest BCUT2D eigenvalue weighted by Gasteiger charge is 2.18. The Morgan fingerprint density at radius 3 is 2.74 bits per heavy atom. The first-order valence-electron chi connectivity index (χ1n) is 6.10. The van der Waals surface area contributed by atoms with Crippen molar-refractivity contribution in [2.75, 3.05) is 13.2 Å². The molecule has 2 heterocycles. The molecule has 0 bridgehead atoms. The van der Waals surface area contributed by atoms with Crippen LogP contribution in [0.15, 0.2) is 17.3 Å². The van der Waals surface area contributed by atoms with Gasteiger partial charge in [-0.3, -0.25) is 4.79 Å². The molecule has 5 N–H and O–H groups in total. The normalized spacial score (nSPS) is 14.7. The number of aromatic nitrogens is 3. The van der Waals surface area contributed by atoms with Gasteiger partial charge in [0.25, 0.3) is 5.56 Å². The third-order valence-corrected chi connectivity index (χ3v) is 3.30. The van der Waals surface area contributed by atoms with Gasteiger partial charge in [-0.2, -0.15) is 0 Å². The predicted molar refractivity (Wildman–Crippen MR) is 68.7 cm³/mol. The summed E-state index contributed by atoms with van der Waals surface area (Å²) in [4.78, 5) is 21.0. The quantitative estimate of drug-likeness (QED) is 0.466. The van der Waals surface area contributed by atoms with Crippen LogP contribution in [0.5, 0.6) is 0 Å². The SMILES string of the molecule is O=c1[nH]cnc2c(CC[C@H](CO)[C@H](O)CO)c[nH]c12. The van der Waals surface area contributed by atoms with E-state index in [9.17, 15) is 9.90 Å². The summed E-state index contributed by atoms with van der Waals surface area (Å²) < 4.78 is 0. The van der Waals surface area contributed by atoms with Crippen LogP contribution < -0.4 is 5.56 Å². The number of nitrogens with one attached hydrogen (secondary N) is 2. The molecule has 0 spiro atoms. The molecule has 7 nitrogen and oxygen atoms in total. The average Bonchev–Trinajstić information content (AvgIpc) is 2.84. The lowest BCUT2D eigenvalue weighted by Crippen LogP contribution is -2.27. The number of aliphatic hydroxyl groups excluding tert-OH is 3. The molecule has 0 aromatic carbocycles. The lowest BCUT2D eigenvalue weighted by atomic mass is 9.96. The van der Waals surface area contributed by atoms with Crippen molar-refractivity contribution in [3.63, 3.8) is 0 Å². The monoisotopic (exact) mass is 267 g/mol. The zero-order valence-corrected chi connectivity index (χ0v) is 10.3. The van der Waals surface area contributed by atoms with E-state index < -0.39 is 12.0 Å². The van der Waals surface area contributed by atoms with Crippen LogP contribution in [0.2, 0.25) is 0 Å². The minimum Gasteiger partial charge on any atom is -0.396 e. The van der Waals surface area contributed by atoms with E-state index in [2.05, 4.69) is 15.0 Å². The molecule has 2 rings (SSSR count). The summed E-state index contributed by atoms with van der Waals surface area (Å²) in [6, 6.07) is 0. The molecule has 0 saturated heterocycles. The molecule has 0 unspecified atom stereocenters. The van der Waals surface area contributed by atoms with E-state index in [1.54, 1.807) is 6.20 Å². The van der Waals surface area contributed by atoms with Crippen molar-refractivity contribution in [3.8, 4) is 0 Å². The summed E-state index contributed by atoms with van der Waals surface area (Å²) in [6.07, 6.45) is 3.16. The highest BCUT2D eigenvalue weighted by molar-refractivity contribution is 5.77. The molecule has 2 aromatic rings. The first-order chi connectivity index (χ1) is 9.17. The summed E-state index contributed by atoms with van der Waals surface area (Å²) >= 11 is 0. The third kappa shape index (κ3) is 2.83. The standard InChI is InChI=1S/C12H17N3O4/c16-4-8(9(18)5-17)2-1-7-3-13-11-10(7)14-6-15-12(11)19/h3,6,8-9,13,16-18H,1-2,4-5H2,(H,14,15,19)/t8-,9-/m1/s1. The maximum absolute atomic E-state index is 11.5. The summed E-state index contributed by atoms with van der Waals surface area (Å²) in [5, 5.41) is 27.6. The number of aryl methyl sites for hydroxylation is 1. The molecule has 0 fully saturated rings. The second kappa shape index (κ2) is 5.96. The summed E-state index contributed by atoms with van der Waals surface area (Å²) in [7, 11) is 0. The Bertz CT molecular complexity index is 592. The Balaban J connectivity index is 2.14. The lowest BCUT2D eigenvalue weighted by molar-refractivity contribution is 0.0194. The topological polar surface area (TPSA) is 122 Å². The number of nitrogens with zero attached hydrogens (tertiary/aromatic N) is 1. The minimum atomic E-state index is -0.938. The third-order valence-electron chi connectivity index (χ3n) is 3.30. The molecule has 0 aliphatic rings. The van der Waals surface area contributed by atoms with Gasteiger partial charge < -0.3 is 25.3 Å². The van der Waals surface area contributed by atoms with Crippen LogP contribution in [-0.4, -0.2) is 49.6 Å². The second-order valence-corrected chi connectivity index (χ2v) is 4.50. The van der Waals surface area contributed by atoms with Crippen LogP contribution in [0.4, 0.5) is 0 Å². The Hall–Kier alpha value is -1.70. The highest BCUT2D eigenvalue weighted by Crippen LogP contribution is 2.17. The smallest absolute Gasteiger partial charge is 0.275 e. The number of aromatic amines is 2. The number of hydrogen-bond acceptors (Lipinski definition) is 5. The highest BCUT2D eigenvalue weighted by atomic mass is 16.3. The van der Waals surface area contributed by atoms with E-state index >= 15 is 0 Å². The van der Waals surface area contributed by atoms with Gasteiger partial charge in [0, 0.05) is 18.7 Å². The van der Waals surface area contributed by atoms with Crippen LogP contribution in [-0.2, 0) is 6.42 Å². The summed E-state index contributed by atoms with van der Waals surface area (Å²) in [6.45, 7) is -0.574. The molecule has 2 atom stereocenters. The van der Waals surface area contributed by atoms with E-state index in [0.717, 1.165) is 5.56 Å². The first kappa shape index (κ1) is 13.7. The van der Waals surface area contributed by atoms with Gasteiger partial charge in [-0.1, -0.05) is 0 Å². The minimum absolute atomic E-state index is 0.196. The van der Waals surface area contributed by atoms with Gasteiger partial charge in [0.05, 0.1) is 24.6 Å². The zero-order chi connectivity index (χ0) is 13.8. The van der Waals surface area contributed by atoms with Crippen molar-refractivity contribution in [1.29, 1.82) is 0 Å². The number of hydrogen-bond donors (Lipinski definition) is 5. The maximum Gasteiger partial charge on any atom is 0.275 e. The van der Waals surface area contributed by atoms with Gasteiger partial charge in [0.15, 0.2) is 0 Å². The largest absolute Gasteiger partial charge is 0.396 e. The van der Waals surface area contributed by atoms with Crippen LogP contribution >= 0.6 is 0 Å². The molecule has 2 aromatic heterocycles. The van der Waals surface area contributed by atoms with Gasteiger partial charge in [0.2, 0.25) is 0 Å². The van der Waals surface area contributed by atoms with E-state index in [4.69, 9.17) is 10.2 Å². The molecule has 0 saturated carbocycles. The Morgan fingerprint density at radius 1 is 1.26 bits per heavy atom. The maximum atomic E-state index is 11.5.